The van der Waals surface area contributed by atoms with E-state index >= 15 is 0 Å². The Labute approximate surface area is 115 Å². The van der Waals surface area contributed by atoms with Crippen LogP contribution in [0.4, 0.5) is 5.82 Å². The Bertz CT molecular complexity index is 500. The summed E-state index contributed by atoms with van der Waals surface area (Å²) < 4.78 is 26.7. The molecule has 1 aromatic rings. The highest BCUT2D eigenvalue weighted by molar-refractivity contribution is 7.89. The summed E-state index contributed by atoms with van der Waals surface area (Å²) in [6.45, 7) is 6.40. The molecule has 0 aliphatic heterocycles. The van der Waals surface area contributed by atoms with Crippen molar-refractivity contribution in [2.24, 2.45) is 0 Å². The van der Waals surface area contributed by atoms with E-state index in [1.165, 1.54) is 22.6 Å². The summed E-state index contributed by atoms with van der Waals surface area (Å²) in [5.74, 6) is 0.221. The maximum atomic E-state index is 12.6. The molecule has 0 aromatic carbocycles. The number of nitrogens with zero attached hydrogens (tertiary/aromatic N) is 2. The van der Waals surface area contributed by atoms with Crippen molar-refractivity contribution >= 4 is 15.8 Å². The van der Waals surface area contributed by atoms with Crippen molar-refractivity contribution in [3.05, 3.63) is 18.3 Å². The zero-order valence-corrected chi connectivity index (χ0v) is 12.7. The molecule has 0 radical (unpaired) electrons. The predicted molar refractivity (Wildman–Crippen MR) is 77.2 cm³/mol. The first kappa shape index (κ1) is 15.9. The van der Waals surface area contributed by atoms with Gasteiger partial charge in [0.15, 0.2) is 0 Å². The molecule has 0 bridgehead atoms. The third kappa shape index (κ3) is 4.18. The molecule has 0 unspecified atom stereocenters. The standard InChI is InChI=1S/C13H23N3O2S/c1-4-5-6-9-16(11(2)3)19(17,18)12-7-8-15-13(14)10-12/h7-8,10-11H,4-6,9H2,1-3H3,(H2,14,15). The van der Waals surface area contributed by atoms with Gasteiger partial charge in [-0.2, -0.15) is 4.31 Å². The number of unbranched alkanes of at least 4 members (excludes halogenated alkanes) is 2. The molecule has 108 valence electrons. The molecule has 19 heavy (non-hydrogen) atoms. The average molecular weight is 285 g/mol. The Morgan fingerprint density at radius 2 is 2.05 bits per heavy atom. The number of anilines is 1. The average Bonchev–Trinajstić information content (AvgIpc) is 2.34. The number of hydrogen-bond acceptors (Lipinski definition) is 4. The van der Waals surface area contributed by atoms with Gasteiger partial charge in [-0.25, -0.2) is 13.4 Å². The number of pyridine rings is 1. The van der Waals surface area contributed by atoms with E-state index < -0.39 is 10.0 Å². The maximum absolute atomic E-state index is 12.6. The number of aromatic nitrogens is 1. The second-order valence-electron chi connectivity index (χ2n) is 4.83. The lowest BCUT2D eigenvalue weighted by atomic mass is 10.2. The first-order chi connectivity index (χ1) is 8.89. The van der Waals surface area contributed by atoms with Gasteiger partial charge in [0.1, 0.15) is 5.82 Å². The first-order valence-corrected chi connectivity index (χ1v) is 8.07. The SMILES string of the molecule is CCCCCN(C(C)C)S(=O)(=O)c1ccnc(N)c1. The van der Waals surface area contributed by atoms with Gasteiger partial charge in [0.25, 0.3) is 0 Å². The summed E-state index contributed by atoms with van der Waals surface area (Å²) in [4.78, 5) is 4.04. The van der Waals surface area contributed by atoms with Crippen LogP contribution in [-0.2, 0) is 10.0 Å². The number of nitrogens with two attached hydrogens (primary N) is 1. The quantitative estimate of drug-likeness (QED) is 0.780. The summed E-state index contributed by atoms with van der Waals surface area (Å²) in [7, 11) is -3.49. The Morgan fingerprint density at radius 3 is 2.58 bits per heavy atom. The molecule has 6 heteroatoms. The fourth-order valence-corrected chi connectivity index (χ4v) is 3.60. The van der Waals surface area contributed by atoms with E-state index in [0.29, 0.717) is 6.54 Å². The van der Waals surface area contributed by atoms with Gasteiger partial charge in [-0.1, -0.05) is 19.8 Å². The van der Waals surface area contributed by atoms with E-state index in [1.54, 1.807) is 0 Å². The molecule has 2 N–H and O–H groups in total. The smallest absolute Gasteiger partial charge is 0.243 e. The number of sulfonamides is 1. The molecule has 1 rings (SSSR count). The molecule has 0 spiro atoms. The molecule has 1 aromatic heterocycles. The van der Waals surface area contributed by atoms with Crippen LogP contribution in [0, 0.1) is 0 Å². The van der Waals surface area contributed by atoms with Crippen LogP contribution in [0.25, 0.3) is 0 Å². The van der Waals surface area contributed by atoms with Gasteiger partial charge in [0, 0.05) is 24.8 Å². The van der Waals surface area contributed by atoms with E-state index in [0.717, 1.165) is 19.3 Å². The van der Waals surface area contributed by atoms with E-state index in [2.05, 4.69) is 11.9 Å². The van der Waals surface area contributed by atoms with Crippen LogP contribution >= 0.6 is 0 Å². The summed E-state index contributed by atoms with van der Waals surface area (Å²) in [5, 5.41) is 0. The Balaban J connectivity index is 2.99. The molecule has 0 saturated carbocycles. The van der Waals surface area contributed by atoms with Crippen LogP contribution in [0.2, 0.25) is 0 Å². The zero-order valence-electron chi connectivity index (χ0n) is 11.8. The van der Waals surface area contributed by atoms with E-state index in [4.69, 9.17) is 5.73 Å². The van der Waals surface area contributed by atoms with Crippen molar-refractivity contribution in [1.82, 2.24) is 9.29 Å². The molecule has 1 heterocycles. The Kier molecular flexibility index (Phi) is 5.75. The molecule has 0 atom stereocenters. The molecular formula is C13H23N3O2S. The van der Waals surface area contributed by atoms with Gasteiger partial charge in [-0.15, -0.1) is 0 Å². The third-order valence-electron chi connectivity index (χ3n) is 2.92. The fraction of sp³-hybridized carbons (Fsp3) is 0.615. The largest absolute Gasteiger partial charge is 0.384 e. The molecule has 0 amide bonds. The molecule has 0 fully saturated rings. The van der Waals surface area contributed by atoms with Crippen LogP contribution in [0.15, 0.2) is 23.2 Å². The van der Waals surface area contributed by atoms with Gasteiger partial charge in [0.2, 0.25) is 10.0 Å². The summed E-state index contributed by atoms with van der Waals surface area (Å²) in [6, 6.07) is 2.82. The number of rotatable bonds is 7. The Hall–Kier alpha value is -1.14. The van der Waals surface area contributed by atoms with E-state index in [9.17, 15) is 8.42 Å². The van der Waals surface area contributed by atoms with Crippen molar-refractivity contribution in [3.63, 3.8) is 0 Å². The van der Waals surface area contributed by atoms with Crippen molar-refractivity contribution in [2.75, 3.05) is 12.3 Å². The Morgan fingerprint density at radius 1 is 1.37 bits per heavy atom. The molecular weight excluding hydrogens is 262 g/mol. The van der Waals surface area contributed by atoms with Gasteiger partial charge in [-0.3, -0.25) is 0 Å². The maximum Gasteiger partial charge on any atom is 0.243 e. The summed E-state index contributed by atoms with van der Waals surface area (Å²) in [6.07, 6.45) is 4.38. The summed E-state index contributed by atoms with van der Waals surface area (Å²) >= 11 is 0. The highest BCUT2D eigenvalue weighted by atomic mass is 32.2. The topological polar surface area (TPSA) is 76.3 Å². The van der Waals surface area contributed by atoms with Crippen LogP contribution in [0.1, 0.15) is 40.0 Å². The highest BCUT2D eigenvalue weighted by Crippen LogP contribution is 2.19. The van der Waals surface area contributed by atoms with Crippen LogP contribution in [0.5, 0.6) is 0 Å². The third-order valence-corrected chi connectivity index (χ3v) is 4.99. The molecule has 0 aliphatic rings. The van der Waals surface area contributed by atoms with E-state index in [1.807, 2.05) is 13.8 Å². The van der Waals surface area contributed by atoms with Gasteiger partial charge >= 0.3 is 0 Å². The van der Waals surface area contributed by atoms with Gasteiger partial charge in [-0.05, 0) is 26.3 Å². The lowest BCUT2D eigenvalue weighted by Gasteiger charge is -2.26. The second kappa shape index (κ2) is 6.86. The number of nitrogen functional groups attached to an aromatic ring is 1. The predicted octanol–water partition coefficient (Wildman–Crippen LogP) is 2.25. The monoisotopic (exact) mass is 285 g/mol. The van der Waals surface area contributed by atoms with Crippen molar-refractivity contribution in [2.45, 2.75) is 51.0 Å². The lowest BCUT2D eigenvalue weighted by molar-refractivity contribution is 0.345. The van der Waals surface area contributed by atoms with Crippen LogP contribution < -0.4 is 5.73 Å². The second-order valence-corrected chi connectivity index (χ2v) is 6.72. The number of hydrogen-bond donors (Lipinski definition) is 1. The minimum absolute atomic E-state index is 0.0729. The lowest BCUT2D eigenvalue weighted by Crippen LogP contribution is -2.37. The molecule has 5 nitrogen and oxygen atoms in total. The zero-order chi connectivity index (χ0) is 14.5. The highest BCUT2D eigenvalue weighted by Gasteiger charge is 2.26. The van der Waals surface area contributed by atoms with Crippen LogP contribution in [0.3, 0.4) is 0 Å². The fourth-order valence-electron chi connectivity index (χ4n) is 1.90. The van der Waals surface area contributed by atoms with Gasteiger partial charge < -0.3 is 5.73 Å². The van der Waals surface area contributed by atoms with Crippen molar-refractivity contribution in [3.8, 4) is 0 Å². The van der Waals surface area contributed by atoms with E-state index in [-0.39, 0.29) is 16.8 Å². The normalized spacial score (nSPS) is 12.3. The molecule has 0 saturated heterocycles. The minimum atomic E-state index is -3.49. The van der Waals surface area contributed by atoms with Gasteiger partial charge in [0.05, 0.1) is 4.90 Å². The van der Waals surface area contributed by atoms with Crippen molar-refractivity contribution < 1.29 is 8.42 Å². The first-order valence-electron chi connectivity index (χ1n) is 6.63. The molecule has 0 aliphatic carbocycles. The minimum Gasteiger partial charge on any atom is -0.384 e. The summed E-state index contributed by atoms with van der Waals surface area (Å²) in [5.41, 5.74) is 5.56. The van der Waals surface area contributed by atoms with Crippen LogP contribution in [-0.4, -0.2) is 30.3 Å². The van der Waals surface area contributed by atoms with Crippen molar-refractivity contribution in [1.29, 1.82) is 0 Å².